The molecule has 2 amide bonds. The molecule has 13 heteroatoms. The zero-order valence-corrected chi connectivity index (χ0v) is 23.4. The van der Waals surface area contributed by atoms with E-state index in [0.717, 1.165) is 12.1 Å². The van der Waals surface area contributed by atoms with Gasteiger partial charge in [0.15, 0.2) is 0 Å². The highest BCUT2D eigenvalue weighted by molar-refractivity contribution is 7.98. The summed E-state index contributed by atoms with van der Waals surface area (Å²) in [4.78, 5) is 28.0. The van der Waals surface area contributed by atoms with Crippen LogP contribution < -0.4 is 10.7 Å². The highest BCUT2D eigenvalue weighted by Crippen LogP contribution is 2.23. The van der Waals surface area contributed by atoms with Gasteiger partial charge in [-0.05, 0) is 78.1 Å². The Morgan fingerprint density at radius 2 is 1.93 bits per heavy atom. The Labute approximate surface area is 240 Å². The van der Waals surface area contributed by atoms with Gasteiger partial charge in [-0.2, -0.15) is 5.10 Å². The van der Waals surface area contributed by atoms with E-state index >= 15 is 0 Å². The molecule has 206 valence electrons. The summed E-state index contributed by atoms with van der Waals surface area (Å²) in [6, 6.07) is 18.2. The lowest BCUT2D eigenvalue weighted by atomic mass is 10.1. The summed E-state index contributed by atoms with van der Waals surface area (Å²) in [5, 5.41) is 29.2. The highest BCUT2D eigenvalue weighted by atomic mass is 35.5. The normalized spacial score (nSPS) is 11.2. The average molecular weight is 579 g/mol. The maximum Gasteiger partial charge on any atom is 0.273 e. The van der Waals surface area contributed by atoms with E-state index in [1.54, 1.807) is 47.1 Å². The van der Waals surface area contributed by atoms with Crippen molar-refractivity contribution in [2.75, 3.05) is 26.0 Å². The second kappa shape index (κ2) is 13.7. The number of carbonyl (C=O) groups excluding carboxylic acids is 2. The van der Waals surface area contributed by atoms with E-state index in [-0.39, 0.29) is 22.9 Å². The number of hydrazone groups is 1. The Bertz CT molecular complexity index is 1530. The molecule has 0 unspecified atom stereocenters. The summed E-state index contributed by atoms with van der Waals surface area (Å²) in [6.07, 6.45) is 1.39. The monoisotopic (exact) mass is 578 g/mol. The number of rotatable bonds is 11. The molecule has 11 nitrogen and oxygen atoms in total. The summed E-state index contributed by atoms with van der Waals surface area (Å²) in [5.41, 5.74) is 4.78. The number of tetrazole rings is 1. The summed E-state index contributed by atoms with van der Waals surface area (Å²) >= 11 is 7.61. The molecule has 0 saturated heterocycles. The molecule has 4 rings (SSSR count). The minimum atomic E-state index is -0.564. The lowest BCUT2D eigenvalue weighted by Crippen LogP contribution is -2.21. The number of nitrogens with zero attached hydrogens (tertiary/aromatic N) is 6. The first-order valence-corrected chi connectivity index (χ1v) is 13.5. The Morgan fingerprint density at radius 1 is 1.10 bits per heavy atom. The van der Waals surface area contributed by atoms with Gasteiger partial charge < -0.3 is 15.3 Å². The van der Waals surface area contributed by atoms with Crippen LogP contribution in [-0.4, -0.2) is 68.9 Å². The fourth-order valence-electron chi connectivity index (χ4n) is 3.52. The molecule has 0 aliphatic heterocycles. The van der Waals surface area contributed by atoms with Gasteiger partial charge >= 0.3 is 0 Å². The first-order valence-electron chi connectivity index (χ1n) is 12.1. The molecule has 0 atom stereocenters. The third-order valence-corrected chi connectivity index (χ3v) is 6.80. The van der Waals surface area contributed by atoms with Crippen LogP contribution in [0.2, 0.25) is 5.02 Å². The van der Waals surface area contributed by atoms with E-state index in [2.05, 4.69) is 36.3 Å². The van der Waals surface area contributed by atoms with Crippen molar-refractivity contribution in [2.24, 2.45) is 5.10 Å². The smallest absolute Gasteiger partial charge is 0.273 e. The third kappa shape index (κ3) is 8.12. The predicted octanol–water partition coefficient (Wildman–Crippen LogP) is 3.90. The highest BCUT2D eigenvalue weighted by Gasteiger charge is 2.16. The summed E-state index contributed by atoms with van der Waals surface area (Å²) in [6.45, 7) is 1.48. The molecule has 3 N–H and O–H groups in total. The third-order valence-electron chi connectivity index (χ3n) is 5.54. The van der Waals surface area contributed by atoms with Crippen LogP contribution in [0.1, 0.15) is 31.8 Å². The number of aromatic hydroxyl groups is 1. The Balaban J connectivity index is 1.41. The van der Waals surface area contributed by atoms with Crippen molar-refractivity contribution in [2.45, 2.75) is 17.5 Å². The van der Waals surface area contributed by atoms with Crippen LogP contribution in [-0.2, 0) is 12.3 Å². The van der Waals surface area contributed by atoms with Gasteiger partial charge in [0, 0.05) is 22.9 Å². The topological polar surface area (TPSA) is 138 Å². The zero-order chi connectivity index (χ0) is 28.5. The number of thioether (sulfide) groups is 1. The van der Waals surface area contributed by atoms with Gasteiger partial charge in [-0.1, -0.05) is 47.6 Å². The number of phenolic OH excluding ortho intramolecular Hbond substituents is 1. The second-order valence-electron chi connectivity index (χ2n) is 8.92. The summed E-state index contributed by atoms with van der Waals surface area (Å²) in [7, 11) is 3.97. The first-order chi connectivity index (χ1) is 19.3. The largest absolute Gasteiger partial charge is 0.508 e. The molecule has 0 fully saturated rings. The molecular formula is C27H27ClN8O3S. The van der Waals surface area contributed by atoms with Crippen LogP contribution in [0.3, 0.4) is 0 Å². The molecule has 0 aliphatic carbocycles. The molecule has 0 bridgehead atoms. The van der Waals surface area contributed by atoms with E-state index < -0.39 is 5.91 Å². The Kier molecular flexibility index (Phi) is 9.84. The predicted molar refractivity (Wildman–Crippen MR) is 155 cm³/mol. The zero-order valence-electron chi connectivity index (χ0n) is 21.8. The first kappa shape index (κ1) is 28.7. The SMILES string of the molecule is CN(C)CCn1nnnc1SCc1cccc(C(=O)Nc2ccc(Cl)cc2C(=O)NN=Cc2cccc(O)c2)c1. The number of amides is 2. The van der Waals surface area contributed by atoms with Gasteiger partial charge in [-0.25, -0.2) is 10.1 Å². The molecule has 0 aliphatic rings. The standard InChI is InChI=1S/C27H27ClN8O3S/c1-35(2)11-12-36-27(32-33-34-36)40-17-19-6-3-7-20(13-19)25(38)30-24-10-9-21(28)15-23(24)26(39)31-29-16-18-5-4-8-22(37)14-18/h3-10,13-16,37H,11-12,17H2,1-2H3,(H,30,38)(H,31,39). The lowest BCUT2D eigenvalue weighted by Gasteiger charge is -2.12. The number of halogens is 1. The van der Waals surface area contributed by atoms with Gasteiger partial charge in [0.05, 0.1) is 24.0 Å². The number of phenols is 1. The van der Waals surface area contributed by atoms with Gasteiger partial charge in [0.1, 0.15) is 5.75 Å². The van der Waals surface area contributed by atoms with Crippen molar-refractivity contribution in [3.8, 4) is 5.75 Å². The number of carbonyl (C=O) groups is 2. The van der Waals surface area contributed by atoms with E-state index in [1.807, 2.05) is 20.2 Å². The van der Waals surface area contributed by atoms with Crippen molar-refractivity contribution in [3.63, 3.8) is 0 Å². The van der Waals surface area contributed by atoms with Crippen molar-refractivity contribution < 1.29 is 14.7 Å². The van der Waals surface area contributed by atoms with Crippen molar-refractivity contribution >= 4 is 47.1 Å². The number of hydrogen-bond donors (Lipinski definition) is 3. The maximum absolute atomic E-state index is 13.1. The fourth-order valence-corrected chi connectivity index (χ4v) is 4.54. The Hall–Kier alpha value is -4.26. The minimum absolute atomic E-state index is 0.0815. The second-order valence-corrected chi connectivity index (χ2v) is 10.3. The van der Waals surface area contributed by atoms with Crippen LogP contribution >= 0.6 is 23.4 Å². The van der Waals surface area contributed by atoms with Gasteiger partial charge in [-0.3, -0.25) is 9.59 Å². The van der Waals surface area contributed by atoms with Crippen LogP contribution in [0.5, 0.6) is 5.75 Å². The molecule has 1 heterocycles. The van der Waals surface area contributed by atoms with Gasteiger partial charge in [-0.15, -0.1) is 5.10 Å². The summed E-state index contributed by atoms with van der Waals surface area (Å²) in [5.74, 6) is -0.304. The molecule has 1 aromatic heterocycles. The molecule has 0 radical (unpaired) electrons. The molecule has 0 spiro atoms. The van der Waals surface area contributed by atoms with Crippen LogP contribution in [0, 0.1) is 0 Å². The Morgan fingerprint density at radius 3 is 2.73 bits per heavy atom. The number of hydrogen-bond acceptors (Lipinski definition) is 9. The quantitative estimate of drug-likeness (QED) is 0.138. The number of likely N-dealkylation sites (N-methyl/N-ethyl adjacent to an activating group) is 1. The van der Waals surface area contributed by atoms with E-state index in [0.29, 0.717) is 33.6 Å². The van der Waals surface area contributed by atoms with Crippen LogP contribution in [0.4, 0.5) is 5.69 Å². The minimum Gasteiger partial charge on any atom is -0.508 e. The van der Waals surface area contributed by atoms with Gasteiger partial charge in [0.2, 0.25) is 5.16 Å². The number of benzene rings is 3. The lowest BCUT2D eigenvalue weighted by molar-refractivity contribution is 0.0956. The number of anilines is 1. The molecule has 4 aromatic rings. The van der Waals surface area contributed by atoms with Crippen molar-refractivity contribution in [3.05, 3.63) is 94.0 Å². The molecule has 40 heavy (non-hydrogen) atoms. The number of nitrogens with one attached hydrogen (secondary N) is 2. The molecule has 3 aromatic carbocycles. The van der Waals surface area contributed by atoms with Crippen molar-refractivity contribution in [1.82, 2.24) is 30.5 Å². The maximum atomic E-state index is 13.1. The average Bonchev–Trinajstić information content (AvgIpc) is 3.39. The fraction of sp³-hybridized carbons (Fsp3) is 0.185. The van der Waals surface area contributed by atoms with Crippen LogP contribution in [0.15, 0.2) is 77.0 Å². The number of aromatic nitrogens is 4. The van der Waals surface area contributed by atoms with Crippen molar-refractivity contribution in [1.29, 1.82) is 0 Å². The molecular weight excluding hydrogens is 552 g/mol. The summed E-state index contributed by atoms with van der Waals surface area (Å²) < 4.78 is 1.75. The molecule has 0 saturated carbocycles. The van der Waals surface area contributed by atoms with Gasteiger partial charge in [0.25, 0.3) is 11.8 Å². The van der Waals surface area contributed by atoms with E-state index in [4.69, 9.17) is 11.6 Å². The van der Waals surface area contributed by atoms with E-state index in [1.165, 1.54) is 36.2 Å². The van der Waals surface area contributed by atoms with E-state index in [9.17, 15) is 14.7 Å². The van der Waals surface area contributed by atoms with Crippen LogP contribution in [0.25, 0.3) is 0 Å².